The second-order valence-electron chi connectivity index (χ2n) is 4.82. The first kappa shape index (κ1) is 16.4. The first-order valence-corrected chi connectivity index (χ1v) is 7.89. The van der Waals surface area contributed by atoms with Crippen LogP contribution >= 0.6 is 0 Å². The van der Waals surface area contributed by atoms with Crippen molar-refractivity contribution in [3.05, 3.63) is 29.9 Å². The summed E-state index contributed by atoms with van der Waals surface area (Å²) in [5.41, 5.74) is 0.488. The maximum absolute atomic E-state index is 12.4. The molecule has 0 aliphatic rings. The SMILES string of the molecule is CC(C)S(=O)(=O)Cc1ccc(-c2noc(C(F)(F)F)n2)cn1. The second-order valence-corrected chi connectivity index (χ2v) is 7.37. The molecule has 0 saturated heterocycles. The number of rotatable bonds is 4. The normalized spacial score (nSPS) is 12.8. The van der Waals surface area contributed by atoms with Gasteiger partial charge in [-0.05, 0) is 26.0 Å². The largest absolute Gasteiger partial charge is 0.471 e. The third-order valence-electron chi connectivity index (χ3n) is 2.82. The Kier molecular flexibility index (Phi) is 4.23. The van der Waals surface area contributed by atoms with Gasteiger partial charge in [-0.15, -0.1) is 0 Å². The molecule has 6 nitrogen and oxygen atoms in total. The molecule has 120 valence electrons. The second kappa shape index (κ2) is 5.67. The van der Waals surface area contributed by atoms with Crippen LogP contribution in [0.5, 0.6) is 0 Å². The molecule has 0 bridgehead atoms. The number of sulfone groups is 1. The van der Waals surface area contributed by atoms with Gasteiger partial charge in [0.15, 0.2) is 9.84 Å². The van der Waals surface area contributed by atoms with Crippen LogP contribution in [0.3, 0.4) is 0 Å². The van der Waals surface area contributed by atoms with Crippen molar-refractivity contribution in [3.8, 4) is 11.4 Å². The minimum atomic E-state index is -4.72. The summed E-state index contributed by atoms with van der Waals surface area (Å²) in [5, 5.41) is 2.68. The molecule has 0 saturated carbocycles. The monoisotopic (exact) mass is 335 g/mol. The van der Waals surface area contributed by atoms with E-state index in [9.17, 15) is 21.6 Å². The molecule has 22 heavy (non-hydrogen) atoms. The summed E-state index contributed by atoms with van der Waals surface area (Å²) in [6.07, 6.45) is -3.51. The van der Waals surface area contributed by atoms with Gasteiger partial charge in [-0.3, -0.25) is 4.98 Å². The van der Waals surface area contributed by atoms with Crippen LogP contribution in [-0.4, -0.2) is 28.8 Å². The number of nitrogens with zero attached hydrogens (tertiary/aromatic N) is 3. The molecule has 2 aromatic rings. The lowest BCUT2D eigenvalue weighted by molar-refractivity contribution is -0.159. The summed E-state index contributed by atoms with van der Waals surface area (Å²) in [6.45, 7) is 3.11. The van der Waals surface area contributed by atoms with E-state index in [1.54, 1.807) is 13.8 Å². The van der Waals surface area contributed by atoms with E-state index in [1.165, 1.54) is 18.3 Å². The first-order valence-electron chi connectivity index (χ1n) is 6.17. The predicted octanol–water partition coefficient (Wildman–Crippen LogP) is 2.47. The van der Waals surface area contributed by atoms with Gasteiger partial charge in [0.2, 0.25) is 5.82 Å². The summed E-state index contributed by atoms with van der Waals surface area (Å²) in [4.78, 5) is 7.14. The zero-order valence-corrected chi connectivity index (χ0v) is 12.4. The molecule has 2 rings (SSSR count). The van der Waals surface area contributed by atoms with E-state index in [0.29, 0.717) is 0 Å². The standard InChI is InChI=1S/C12H12F3N3O3S/c1-7(2)22(19,20)6-9-4-3-8(5-16-9)10-17-11(21-18-10)12(13,14)15/h3-5,7H,6H2,1-2H3. The predicted molar refractivity (Wildman–Crippen MR) is 70.3 cm³/mol. The molecule has 0 aromatic carbocycles. The van der Waals surface area contributed by atoms with Gasteiger partial charge < -0.3 is 4.52 Å². The molecule has 2 heterocycles. The van der Waals surface area contributed by atoms with E-state index in [2.05, 4.69) is 19.6 Å². The molecule has 0 amide bonds. The summed E-state index contributed by atoms with van der Waals surface area (Å²) >= 11 is 0. The van der Waals surface area contributed by atoms with Crippen LogP contribution in [-0.2, 0) is 21.8 Å². The molecule has 0 spiro atoms. The average Bonchev–Trinajstić information content (AvgIpc) is 2.88. The van der Waals surface area contributed by atoms with Crippen LogP contribution in [0.15, 0.2) is 22.9 Å². The molecule has 2 aromatic heterocycles. The van der Waals surface area contributed by atoms with E-state index in [4.69, 9.17) is 0 Å². The zero-order chi connectivity index (χ0) is 16.5. The van der Waals surface area contributed by atoms with Gasteiger partial charge in [0.05, 0.1) is 16.7 Å². The fraction of sp³-hybridized carbons (Fsp3) is 0.417. The Morgan fingerprint density at radius 1 is 1.27 bits per heavy atom. The quantitative estimate of drug-likeness (QED) is 0.853. The minimum Gasteiger partial charge on any atom is -0.329 e. The molecule has 0 fully saturated rings. The number of hydrogen-bond donors (Lipinski definition) is 0. The van der Waals surface area contributed by atoms with Crippen LogP contribution in [0, 0.1) is 0 Å². The Labute approximate surface area is 124 Å². The van der Waals surface area contributed by atoms with Gasteiger partial charge >= 0.3 is 12.1 Å². The number of pyridine rings is 1. The van der Waals surface area contributed by atoms with Crippen LogP contribution < -0.4 is 0 Å². The van der Waals surface area contributed by atoms with Gasteiger partial charge in [-0.1, -0.05) is 5.16 Å². The van der Waals surface area contributed by atoms with Crippen molar-refractivity contribution in [1.29, 1.82) is 0 Å². The Morgan fingerprint density at radius 2 is 1.95 bits per heavy atom. The lowest BCUT2D eigenvalue weighted by Gasteiger charge is -2.06. The highest BCUT2D eigenvalue weighted by Crippen LogP contribution is 2.29. The van der Waals surface area contributed by atoms with Crippen molar-refractivity contribution in [1.82, 2.24) is 15.1 Å². The Morgan fingerprint density at radius 3 is 2.41 bits per heavy atom. The zero-order valence-electron chi connectivity index (χ0n) is 11.6. The summed E-state index contributed by atoms with van der Waals surface area (Å²) in [7, 11) is -3.31. The number of hydrogen-bond acceptors (Lipinski definition) is 6. The highest BCUT2D eigenvalue weighted by molar-refractivity contribution is 7.91. The number of halogens is 3. The maximum atomic E-state index is 12.4. The molecule has 0 atom stereocenters. The van der Waals surface area contributed by atoms with Crippen molar-refractivity contribution in [2.24, 2.45) is 0 Å². The Bertz CT molecular complexity index is 752. The molecule has 0 radical (unpaired) electrons. The average molecular weight is 335 g/mol. The van der Waals surface area contributed by atoms with Crippen LogP contribution in [0.4, 0.5) is 13.2 Å². The molecule has 0 unspecified atom stereocenters. The van der Waals surface area contributed by atoms with E-state index in [-0.39, 0.29) is 22.8 Å². The Hall–Kier alpha value is -1.97. The van der Waals surface area contributed by atoms with Crippen molar-refractivity contribution in [2.75, 3.05) is 0 Å². The fourth-order valence-electron chi connectivity index (χ4n) is 1.47. The summed E-state index contributed by atoms with van der Waals surface area (Å²) in [6, 6.07) is 2.79. The van der Waals surface area contributed by atoms with E-state index in [0.717, 1.165) is 0 Å². The Balaban J connectivity index is 2.21. The van der Waals surface area contributed by atoms with Crippen LogP contribution in [0.1, 0.15) is 25.4 Å². The molecule has 0 N–H and O–H groups in total. The van der Waals surface area contributed by atoms with Gasteiger partial charge in [-0.2, -0.15) is 18.2 Å². The van der Waals surface area contributed by atoms with Crippen LogP contribution in [0.25, 0.3) is 11.4 Å². The van der Waals surface area contributed by atoms with Gasteiger partial charge in [0, 0.05) is 11.8 Å². The highest BCUT2D eigenvalue weighted by atomic mass is 32.2. The van der Waals surface area contributed by atoms with Crippen LogP contribution in [0.2, 0.25) is 0 Å². The first-order chi connectivity index (χ1) is 10.1. The topological polar surface area (TPSA) is 86.0 Å². The fourth-order valence-corrected chi connectivity index (χ4v) is 2.39. The van der Waals surface area contributed by atoms with Gasteiger partial charge in [0.25, 0.3) is 0 Å². The molecule has 0 aliphatic carbocycles. The van der Waals surface area contributed by atoms with Crippen molar-refractivity contribution >= 4 is 9.84 Å². The third-order valence-corrected chi connectivity index (χ3v) is 4.95. The maximum Gasteiger partial charge on any atom is 0.471 e. The molecular weight excluding hydrogens is 323 g/mol. The summed E-state index contributed by atoms with van der Waals surface area (Å²) in [5.74, 6) is -1.96. The van der Waals surface area contributed by atoms with Crippen molar-refractivity contribution < 1.29 is 26.1 Å². The van der Waals surface area contributed by atoms with E-state index < -0.39 is 27.2 Å². The van der Waals surface area contributed by atoms with Crippen molar-refractivity contribution in [3.63, 3.8) is 0 Å². The lowest BCUT2D eigenvalue weighted by atomic mass is 10.2. The number of aromatic nitrogens is 3. The summed E-state index contributed by atoms with van der Waals surface area (Å²) < 4.78 is 64.7. The molecule has 10 heteroatoms. The van der Waals surface area contributed by atoms with Gasteiger partial charge in [0.1, 0.15) is 0 Å². The lowest BCUT2D eigenvalue weighted by Crippen LogP contribution is -2.16. The third kappa shape index (κ3) is 3.62. The highest BCUT2D eigenvalue weighted by Gasteiger charge is 2.38. The van der Waals surface area contributed by atoms with Gasteiger partial charge in [-0.25, -0.2) is 8.42 Å². The minimum absolute atomic E-state index is 0.199. The smallest absolute Gasteiger partial charge is 0.329 e. The number of alkyl halides is 3. The molecular formula is C12H12F3N3O3S. The van der Waals surface area contributed by atoms with E-state index >= 15 is 0 Å². The van der Waals surface area contributed by atoms with Crippen molar-refractivity contribution in [2.45, 2.75) is 31.0 Å². The molecule has 0 aliphatic heterocycles. The van der Waals surface area contributed by atoms with E-state index in [1.807, 2.05) is 0 Å².